The van der Waals surface area contributed by atoms with Gasteiger partial charge in [0.05, 0.1) is 5.52 Å². The molecule has 1 aliphatic carbocycles. The molecule has 3 N–H and O–H groups in total. The molecule has 5 nitrogen and oxygen atoms in total. The molecule has 0 aliphatic heterocycles. The van der Waals surface area contributed by atoms with E-state index in [1.54, 1.807) is 0 Å². The van der Waals surface area contributed by atoms with Crippen molar-refractivity contribution in [3.63, 3.8) is 0 Å². The van der Waals surface area contributed by atoms with Crippen LogP contribution in [0.1, 0.15) is 39.0 Å². The van der Waals surface area contributed by atoms with Gasteiger partial charge in [0.25, 0.3) is 0 Å². The Labute approximate surface area is 119 Å². The minimum atomic E-state index is 0.345. The number of fused-ring (bicyclic) bond motifs is 1. The van der Waals surface area contributed by atoms with Gasteiger partial charge in [0.15, 0.2) is 5.82 Å². The van der Waals surface area contributed by atoms with Gasteiger partial charge in [-0.25, -0.2) is 4.98 Å². The Kier molecular flexibility index (Phi) is 3.76. The van der Waals surface area contributed by atoms with Crippen molar-refractivity contribution < 1.29 is 0 Å². The smallest absolute Gasteiger partial charge is 0.222 e. The van der Waals surface area contributed by atoms with Crippen molar-refractivity contribution >= 4 is 22.8 Å². The number of hydrogen-bond donors (Lipinski definition) is 2. The normalized spacial score (nSPS) is 15.4. The summed E-state index contributed by atoms with van der Waals surface area (Å²) in [5.41, 5.74) is 7.85. The van der Waals surface area contributed by atoms with Gasteiger partial charge in [0.2, 0.25) is 5.95 Å². The molecule has 0 amide bonds. The average molecular weight is 273 g/mol. The van der Waals surface area contributed by atoms with Crippen molar-refractivity contribution in [3.05, 3.63) is 12.3 Å². The van der Waals surface area contributed by atoms with Gasteiger partial charge in [-0.3, -0.25) is 0 Å². The van der Waals surface area contributed by atoms with Crippen molar-refractivity contribution in [3.8, 4) is 0 Å². The molecule has 0 unspecified atom stereocenters. The summed E-state index contributed by atoms with van der Waals surface area (Å²) in [6.07, 6.45) is 8.47. The predicted octanol–water partition coefficient (Wildman–Crippen LogP) is 3.03. The van der Waals surface area contributed by atoms with E-state index in [0.717, 1.165) is 42.3 Å². The molecule has 2 heterocycles. The zero-order chi connectivity index (χ0) is 13.9. The van der Waals surface area contributed by atoms with Crippen molar-refractivity contribution in [2.75, 3.05) is 17.6 Å². The number of anilines is 2. The highest BCUT2D eigenvalue weighted by molar-refractivity contribution is 5.87. The Morgan fingerprint density at radius 2 is 2.25 bits per heavy atom. The fraction of sp³-hybridized carbons (Fsp3) is 0.600. The summed E-state index contributed by atoms with van der Waals surface area (Å²) in [5, 5.41) is 3.41. The van der Waals surface area contributed by atoms with Crippen LogP contribution >= 0.6 is 0 Å². The minimum Gasteiger partial charge on any atom is -0.368 e. The lowest BCUT2D eigenvalue weighted by Crippen LogP contribution is -2.18. The second kappa shape index (κ2) is 5.69. The predicted molar refractivity (Wildman–Crippen MR) is 82.7 cm³/mol. The molecular weight excluding hydrogens is 250 g/mol. The van der Waals surface area contributed by atoms with Gasteiger partial charge in [0, 0.05) is 19.3 Å². The van der Waals surface area contributed by atoms with Crippen molar-refractivity contribution in [2.24, 2.45) is 5.92 Å². The van der Waals surface area contributed by atoms with Gasteiger partial charge in [-0.15, -0.1) is 0 Å². The van der Waals surface area contributed by atoms with Gasteiger partial charge in [-0.1, -0.05) is 19.8 Å². The molecule has 2 aromatic rings. The van der Waals surface area contributed by atoms with Crippen LogP contribution in [0.3, 0.4) is 0 Å². The van der Waals surface area contributed by atoms with Crippen LogP contribution in [0.5, 0.6) is 0 Å². The second-order valence-electron chi connectivity index (χ2n) is 5.71. The van der Waals surface area contributed by atoms with Gasteiger partial charge >= 0.3 is 0 Å². The van der Waals surface area contributed by atoms with E-state index in [-0.39, 0.29) is 0 Å². The Morgan fingerprint density at radius 1 is 1.40 bits per heavy atom. The number of nitrogen functional groups attached to an aromatic ring is 1. The lowest BCUT2D eigenvalue weighted by Gasteiger charge is -2.26. The first-order valence-electron chi connectivity index (χ1n) is 7.64. The first-order chi connectivity index (χ1) is 9.78. The highest BCUT2D eigenvalue weighted by Gasteiger charge is 2.20. The van der Waals surface area contributed by atoms with Crippen LogP contribution in [0.15, 0.2) is 12.3 Å². The molecule has 2 aromatic heterocycles. The third-order valence-electron chi connectivity index (χ3n) is 4.13. The summed E-state index contributed by atoms with van der Waals surface area (Å²) >= 11 is 0. The minimum absolute atomic E-state index is 0.345. The number of rotatable bonds is 6. The highest BCUT2D eigenvalue weighted by Crippen LogP contribution is 2.30. The maximum absolute atomic E-state index is 5.81. The van der Waals surface area contributed by atoms with Gasteiger partial charge in [0.1, 0.15) is 5.52 Å². The lowest BCUT2D eigenvalue weighted by molar-refractivity contribution is 0.280. The van der Waals surface area contributed by atoms with Gasteiger partial charge in [-0.05, 0) is 31.2 Å². The maximum Gasteiger partial charge on any atom is 0.222 e. The highest BCUT2D eigenvalue weighted by atomic mass is 15.1. The van der Waals surface area contributed by atoms with Crippen molar-refractivity contribution in [1.29, 1.82) is 0 Å². The van der Waals surface area contributed by atoms with Crippen molar-refractivity contribution in [2.45, 2.75) is 45.6 Å². The topological polar surface area (TPSA) is 68.8 Å². The molecule has 1 fully saturated rings. The molecule has 0 atom stereocenters. The number of unbranched alkanes of at least 4 members (excludes halogenated alkanes) is 1. The van der Waals surface area contributed by atoms with Crippen LogP contribution in [0.2, 0.25) is 0 Å². The zero-order valence-electron chi connectivity index (χ0n) is 12.1. The molecule has 0 spiro atoms. The summed E-state index contributed by atoms with van der Waals surface area (Å²) in [6, 6.07) is 2.04. The fourth-order valence-corrected chi connectivity index (χ4v) is 2.74. The number of nitrogens with one attached hydrogen (secondary N) is 1. The molecule has 0 radical (unpaired) electrons. The number of nitrogens with zero attached hydrogens (tertiary/aromatic N) is 3. The van der Waals surface area contributed by atoms with Gasteiger partial charge in [-0.2, -0.15) is 4.98 Å². The standard InChI is InChI=1S/C15H23N5/c1-2-3-8-17-14-13-12(18-15(16)19-14)7-9-20(13)10-11-5-4-6-11/h7,9,11H,2-6,8,10H2,1H3,(H3,16,17,18,19). The van der Waals surface area contributed by atoms with Crippen LogP contribution in [0.25, 0.3) is 11.0 Å². The second-order valence-corrected chi connectivity index (χ2v) is 5.71. The molecule has 0 saturated heterocycles. The number of aromatic nitrogens is 3. The monoisotopic (exact) mass is 273 g/mol. The lowest BCUT2D eigenvalue weighted by atomic mass is 9.85. The maximum atomic E-state index is 5.81. The molecule has 0 bridgehead atoms. The summed E-state index contributed by atoms with van der Waals surface area (Å²) in [6.45, 7) is 4.18. The molecule has 5 heteroatoms. The molecule has 1 aliphatic rings. The van der Waals surface area contributed by atoms with E-state index < -0.39 is 0 Å². The molecule has 3 rings (SSSR count). The van der Waals surface area contributed by atoms with E-state index in [1.807, 2.05) is 6.07 Å². The van der Waals surface area contributed by atoms with E-state index in [2.05, 4.69) is 33.0 Å². The van der Waals surface area contributed by atoms with E-state index in [9.17, 15) is 0 Å². The molecular formula is C15H23N5. The number of hydrogen-bond acceptors (Lipinski definition) is 4. The molecule has 20 heavy (non-hydrogen) atoms. The van der Waals surface area contributed by atoms with E-state index in [1.165, 1.54) is 25.7 Å². The number of nitrogens with two attached hydrogens (primary N) is 1. The average Bonchev–Trinajstić information content (AvgIpc) is 2.77. The summed E-state index contributed by atoms with van der Waals surface area (Å²) in [5.74, 6) is 2.04. The van der Waals surface area contributed by atoms with E-state index in [0.29, 0.717) is 5.95 Å². The third-order valence-corrected chi connectivity index (χ3v) is 4.13. The molecule has 108 valence electrons. The molecule has 0 aromatic carbocycles. The van der Waals surface area contributed by atoms with Crippen LogP contribution in [-0.4, -0.2) is 21.1 Å². The summed E-state index contributed by atoms with van der Waals surface area (Å²) in [4.78, 5) is 8.73. The van der Waals surface area contributed by atoms with Crippen LogP contribution in [0, 0.1) is 5.92 Å². The van der Waals surface area contributed by atoms with Crippen molar-refractivity contribution in [1.82, 2.24) is 14.5 Å². The Balaban J connectivity index is 1.90. The first kappa shape index (κ1) is 13.2. The summed E-state index contributed by atoms with van der Waals surface area (Å²) in [7, 11) is 0. The Hall–Kier alpha value is -1.78. The largest absolute Gasteiger partial charge is 0.368 e. The van der Waals surface area contributed by atoms with Gasteiger partial charge < -0.3 is 15.6 Å². The van der Waals surface area contributed by atoms with E-state index >= 15 is 0 Å². The Bertz CT molecular complexity index is 585. The SMILES string of the molecule is CCCCNc1nc(N)nc2ccn(CC3CCC3)c12. The van der Waals surface area contributed by atoms with Crippen LogP contribution in [-0.2, 0) is 6.54 Å². The quantitative estimate of drug-likeness (QED) is 0.794. The third kappa shape index (κ3) is 2.57. The fourth-order valence-electron chi connectivity index (χ4n) is 2.74. The molecule has 1 saturated carbocycles. The van der Waals surface area contributed by atoms with Crippen LogP contribution in [0.4, 0.5) is 11.8 Å². The zero-order valence-corrected chi connectivity index (χ0v) is 12.1. The Morgan fingerprint density at radius 3 is 2.95 bits per heavy atom. The van der Waals surface area contributed by atoms with Crippen LogP contribution < -0.4 is 11.1 Å². The first-order valence-corrected chi connectivity index (χ1v) is 7.64. The summed E-state index contributed by atoms with van der Waals surface area (Å²) < 4.78 is 2.28. The van der Waals surface area contributed by atoms with E-state index in [4.69, 9.17) is 5.73 Å².